The molecule has 0 unspecified atom stereocenters. The Morgan fingerprint density at radius 2 is 1.26 bits per heavy atom. The molecule has 2 aliphatic heterocycles. The number of esters is 4. The summed E-state index contributed by atoms with van der Waals surface area (Å²) in [7, 11) is 0. The van der Waals surface area contributed by atoms with Gasteiger partial charge in [-0.2, -0.15) is 0 Å². The fourth-order valence-corrected chi connectivity index (χ4v) is 3.92. The molecule has 216 valence electrons. The lowest BCUT2D eigenvalue weighted by Gasteiger charge is -2.47. The minimum Gasteiger partial charge on any atom is -0.463 e. The van der Waals surface area contributed by atoms with Gasteiger partial charge in [0.15, 0.2) is 43.1 Å². The van der Waals surface area contributed by atoms with Crippen LogP contribution in [-0.4, -0.2) is 120 Å². The molecule has 0 aromatic carbocycles. The number of hydrogen-bond donors (Lipinski definition) is 4. The maximum absolute atomic E-state index is 11.9. The molecule has 1 amide bonds. The van der Waals surface area contributed by atoms with Gasteiger partial charge in [0.05, 0.1) is 6.61 Å². The molecule has 0 aromatic rings. The molecule has 2 saturated heterocycles. The molecule has 2 rings (SSSR count). The van der Waals surface area contributed by atoms with Crippen LogP contribution in [0.25, 0.3) is 0 Å². The van der Waals surface area contributed by atoms with Crippen LogP contribution in [-0.2, 0) is 57.1 Å². The Morgan fingerprint density at radius 1 is 0.711 bits per heavy atom. The van der Waals surface area contributed by atoms with Gasteiger partial charge < -0.3 is 58.9 Å². The van der Waals surface area contributed by atoms with Crippen LogP contribution in [0.15, 0.2) is 0 Å². The standard InChI is InChI=1S/C21H31NO16/c1-7(24)31-6-12-14(32-8(2)25)16(38-21(22)30)18(34-10(4)27)20(36-12)37-17-15(33-9(3)26)13(28)11(5-23)35-19(17)29/h11-20,23,28-29H,5-6H2,1-4H3,(H2,22,30)/t11-,12+,13+,14+,15-,16-,17-,18-,19-,20+/m0/s1. The second-order valence-corrected chi connectivity index (χ2v) is 8.31. The van der Waals surface area contributed by atoms with E-state index in [9.17, 15) is 39.3 Å². The van der Waals surface area contributed by atoms with E-state index in [0.29, 0.717) is 0 Å². The number of nitrogens with two attached hydrogens (primary N) is 1. The molecule has 0 radical (unpaired) electrons. The molecule has 38 heavy (non-hydrogen) atoms. The number of rotatable bonds is 9. The van der Waals surface area contributed by atoms with E-state index in [-0.39, 0.29) is 0 Å². The third kappa shape index (κ3) is 8.20. The molecule has 0 aliphatic carbocycles. The molecule has 17 heteroatoms. The zero-order chi connectivity index (χ0) is 28.7. The van der Waals surface area contributed by atoms with E-state index >= 15 is 0 Å². The lowest BCUT2D eigenvalue weighted by atomic mass is 9.96. The summed E-state index contributed by atoms with van der Waals surface area (Å²) in [4.78, 5) is 58.5. The van der Waals surface area contributed by atoms with Crippen LogP contribution < -0.4 is 5.73 Å². The molecule has 0 aromatic heterocycles. The molecule has 17 nitrogen and oxygen atoms in total. The van der Waals surface area contributed by atoms with Crippen molar-refractivity contribution in [2.45, 2.75) is 89.1 Å². The molecule has 0 bridgehead atoms. The van der Waals surface area contributed by atoms with E-state index in [2.05, 4.69) is 0 Å². The van der Waals surface area contributed by atoms with E-state index in [1.165, 1.54) is 0 Å². The zero-order valence-electron chi connectivity index (χ0n) is 20.9. The Labute approximate surface area is 215 Å². The number of carbonyl (C=O) groups is 5. The largest absolute Gasteiger partial charge is 0.463 e. The maximum atomic E-state index is 11.9. The summed E-state index contributed by atoms with van der Waals surface area (Å²) >= 11 is 0. The molecule has 0 saturated carbocycles. The van der Waals surface area contributed by atoms with E-state index in [4.69, 9.17) is 43.6 Å². The van der Waals surface area contributed by atoms with Crippen molar-refractivity contribution >= 4 is 30.0 Å². The van der Waals surface area contributed by atoms with Crippen molar-refractivity contribution in [1.82, 2.24) is 0 Å². The molecular weight excluding hydrogens is 522 g/mol. The van der Waals surface area contributed by atoms with Gasteiger partial charge in [0, 0.05) is 27.7 Å². The van der Waals surface area contributed by atoms with Crippen LogP contribution in [0, 0.1) is 0 Å². The van der Waals surface area contributed by atoms with Gasteiger partial charge in [-0.25, -0.2) is 4.79 Å². The smallest absolute Gasteiger partial charge is 0.405 e. The Morgan fingerprint density at radius 3 is 1.76 bits per heavy atom. The number of carbonyl (C=O) groups excluding carboxylic acids is 5. The van der Waals surface area contributed by atoms with Gasteiger partial charge in [-0.05, 0) is 0 Å². The summed E-state index contributed by atoms with van der Waals surface area (Å²) in [6.07, 6.45) is -17.9. The normalized spacial score (nSPS) is 34.9. The molecule has 2 fully saturated rings. The minimum atomic E-state index is -1.94. The van der Waals surface area contributed by atoms with Crippen LogP contribution in [0.2, 0.25) is 0 Å². The summed E-state index contributed by atoms with van der Waals surface area (Å²) in [5.41, 5.74) is 5.17. The fraction of sp³-hybridized carbons (Fsp3) is 0.762. The van der Waals surface area contributed by atoms with Crippen molar-refractivity contribution in [3.05, 3.63) is 0 Å². The average molecular weight is 553 g/mol. The topological polar surface area (TPSA) is 246 Å². The number of amides is 1. The predicted molar refractivity (Wildman–Crippen MR) is 115 cm³/mol. The quantitative estimate of drug-likeness (QED) is 0.164. The van der Waals surface area contributed by atoms with Gasteiger partial charge in [0.1, 0.15) is 24.9 Å². The summed E-state index contributed by atoms with van der Waals surface area (Å²) < 4.78 is 42.1. The van der Waals surface area contributed by atoms with Crippen LogP contribution in [0.5, 0.6) is 0 Å². The van der Waals surface area contributed by atoms with E-state index in [0.717, 1.165) is 27.7 Å². The molecule has 10 atom stereocenters. The molecule has 2 heterocycles. The monoisotopic (exact) mass is 553 g/mol. The summed E-state index contributed by atoms with van der Waals surface area (Å²) in [5, 5.41) is 30.5. The maximum Gasteiger partial charge on any atom is 0.405 e. The van der Waals surface area contributed by atoms with E-state index in [1.54, 1.807) is 0 Å². The van der Waals surface area contributed by atoms with Crippen molar-refractivity contribution in [1.29, 1.82) is 0 Å². The Bertz CT molecular complexity index is 881. The van der Waals surface area contributed by atoms with Crippen molar-refractivity contribution in [3.63, 3.8) is 0 Å². The Balaban J connectivity index is 2.51. The average Bonchev–Trinajstić information content (AvgIpc) is 2.79. The number of aliphatic hydroxyl groups excluding tert-OH is 3. The van der Waals surface area contributed by atoms with Crippen LogP contribution in [0.4, 0.5) is 4.79 Å². The minimum absolute atomic E-state index is 0.579. The first-order chi connectivity index (χ1) is 17.7. The Kier molecular flexibility index (Phi) is 11.2. The summed E-state index contributed by atoms with van der Waals surface area (Å²) in [6, 6.07) is 0. The Hall–Kier alpha value is -3.09. The third-order valence-corrected chi connectivity index (χ3v) is 5.31. The highest BCUT2D eigenvalue weighted by Crippen LogP contribution is 2.33. The highest BCUT2D eigenvalue weighted by Gasteiger charge is 2.56. The summed E-state index contributed by atoms with van der Waals surface area (Å²) in [5.74, 6) is -3.48. The van der Waals surface area contributed by atoms with Crippen molar-refractivity contribution in [2.24, 2.45) is 5.73 Å². The van der Waals surface area contributed by atoms with Crippen molar-refractivity contribution < 1.29 is 77.2 Å². The van der Waals surface area contributed by atoms with Gasteiger partial charge >= 0.3 is 30.0 Å². The molecule has 0 spiro atoms. The highest BCUT2D eigenvalue weighted by molar-refractivity contribution is 5.68. The van der Waals surface area contributed by atoms with Crippen LogP contribution >= 0.6 is 0 Å². The first kappa shape index (κ1) is 31.1. The molecular formula is C21H31NO16. The predicted octanol–water partition coefficient (Wildman–Crippen LogP) is -3.01. The van der Waals surface area contributed by atoms with Crippen LogP contribution in [0.1, 0.15) is 27.7 Å². The van der Waals surface area contributed by atoms with E-state index in [1.807, 2.05) is 0 Å². The second kappa shape index (κ2) is 13.6. The van der Waals surface area contributed by atoms with Crippen molar-refractivity contribution in [2.75, 3.05) is 13.2 Å². The van der Waals surface area contributed by atoms with Crippen LogP contribution in [0.3, 0.4) is 0 Å². The van der Waals surface area contributed by atoms with Gasteiger partial charge in [-0.3, -0.25) is 19.2 Å². The SMILES string of the molecule is CC(=O)OC[C@H]1O[C@H](O[C@H]2[C@@H](OC(C)=O)[C@H](O)[C@H](CO)O[C@@H]2O)[C@@H](OC(C)=O)[C@@H](OC(N)=O)[C@@H]1OC(C)=O. The number of hydrogen-bond acceptors (Lipinski definition) is 16. The first-order valence-corrected chi connectivity index (χ1v) is 11.3. The number of ether oxygens (including phenoxy) is 8. The van der Waals surface area contributed by atoms with Gasteiger partial charge in [0.25, 0.3) is 0 Å². The molecule has 2 aliphatic rings. The lowest BCUT2D eigenvalue weighted by molar-refractivity contribution is -0.362. The van der Waals surface area contributed by atoms with Crippen molar-refractivity contribution in [3.8, 4) is 0 Å². The second-order valence-electron chi connectivity index (χ2n) is 8.31. The first-order valence-electron chi connectivity index (χ1n) is 11.3. The lowest BCUT2D eigenvalue weighted by Crippen LogP contribution is -2.66. The molecule has 5 N–H and O–H groups in total. The van der Waals surface area contributed by atoms with Gasteiger partial charge in [0.2, 0.25) is 0 Å². The van der Waals surface area contributed by atoms with Gasteiger partial charge in [-0.15, -0.1) is 0 Å². The third-order valence-electron chi connectivity index (χ3n) is 5.31. The van der Waals surface area contributed by atoms with Gasteiger partial charge in [-0.1, -0.05) is 0 Å². The highest BCUT2D eigenvalue weighted by atomic mass is 16.8. The van der Waals surface area contributed by atoms with E-state index < -0.39 is 105 Å². The number of primary amides is 1. The number of aliphatic hydroxyl groups is 3. The summed E-state index contributed by atoms with van der Waals surface area (Å²) in [6.45, 7) is 2.75. The zero-order valence-corrected chi connectivity index (χ0v) is 20.9. The fourth-order valence-electron chi connectivity index (χ4n) is 3.92.